The largest absolute Gasteiger partial charge is 0.316 e. The van der Waals surface area contributed by atoms with E-state index in [2.05, 4.69) is 10.5 Å². The number of hydrogen-bond acceptors (Lipinski definition) is 2. The zero-order valence-electron chi connectivity index (χ0n) is 11.9. The second kappa shape index (κ2) is 6.33. The Kier molecular flexibility index (Phi) is 4.70. The quantitative estimate of drug-likeness (QED) is 0.676. The molecule has 0 aliphatic carbocycles. The van der Waals surface area contributed by atoms with Gasteiger partial charge in [0.05, 0.1) is 16.9 Å². The first-order valence-electron chi connectivity index (χ1n) is 6.34. The van der Waals surface area contributed by atoms with Gasteiger partial charge in [0.1, 0.15) is 0 Å². The lowest BCUT2D eigenvalue weighted by molar-refractivity contribution is -0.118. The lowest BCUT2D eigenvalue weighted by Gasteiger charge is -2.11. The predicted molar refractivity (Wildman–Crippen MR) is 86.7 cm³/mol. The standard InChI is InChI=1S/C15H15Cl2N3O/c1-9-6-12(8-18-19-11(3)21)10(2)20(9)15-5-4-13(16)7-14(15)17/h4-8H,1-3H3,(H,19,21). The number of benzene rings is 1. The Morgan fingerprint density at radius 2 is 2.00 bits per heavy atom. The highest BCUT2D eigenvalue weighted by Gasteiger charge is 2.12. The molecule has 1 amide bonds. The third kappa shape index (κ3) is 3.46. The van der Waals surface area contributed by atoms with Gasteiger partial charge in [-0.25, -0.2) is 5.43 Å². The monoisotopic (exact) mass is 323 g/mol. The minimum atomic E-state index is -0.208. The highest BCUT2D eigenvalue weighted by Crippen LogP contribution is 2.28. The number of amides is 1. The van der Waals surface area contributed by atoms with Crippen molar-refractivity contribution in [3.63, 3.8) is 0 Å². The number of hydrogen-bond donors (Lipinski definition) is 1. The third-order valence-electron chi connectivity index (χ3n) is 3.05. The number of rotatable bonds is 3. The van der Waals surface area contributed by atoms with E-state index >= 15 is 0 Å². The summed E-state index contributed by atoms with van der Waals surface area (Å²) in [4.78, 5) is 10.8. The van der Waals surface area contributed by atoms with Crippen molar-refractivity contribution in [3.05, 3.63) is 51.3 Å². The van der Waals surface area contributed by atoms with Gasteiger partial charge in [0, 0.05) is 28.9 Å². The number of nitrogens with zero attached hydrogens (tertiary/aromatic N) is 2. The molecule has 0 saturated heterocycles. The summed E-state index contributed by atoms with van der Waals surface area (Å²) < 4.78 is 2.02. The molecule has 0 unspecified atom stereocenters. The first kappa shape index (κ1) is 15.6. The summed E-state index contributed by atoms with van der Waals surface area (Å²) in [5, 5.41) is 5.07. The van der Waals surface area contributed by atoms with Gasteiger partial charge in [-0.15, -0.1) is 0 Å². The molecule has 0 fully saturated rings. The Bertz CT molecular complexity index is 720. The van der Waals surface area contributed by atoms with Crippen molar-refractivity contribution in [2.24, 2.45) is 5.10 Å². The maximum absolute atomic E-state index is 10.8. The van der Waals surface area contributed by atoms with E-state index in [0.717, 1.165) is 22.6 Å². The number of hydrazone groups is 1. The third-order valence-corrected chi connectivity index (χ3v) is 3.58. The van der Waals surface area contributed by atoms with Crippen molar-refractivity contribution in [2.45, 2.75) is 20.8 Å². The van der Waals surface area contributed by atoms with Crippen molar-refractivity contribution in [1.29, 1.82) is 0 Å². The fourth-order valence-corrected chi connectivity index (χ4v) is 2.64. The van der Waals surface area contributed by atoms with Crippen LogP contribution in [-0.4, -0.2) is 16.7 Å². The fraction of sp³-hybridized carbons (Fsp3) is 0.200. The summed E-state index contributed by atoms with van der Waals surface area (Å²) >= 11 is 12.2. The van der Waals surface area contributed by atoms with Crippen molar-refractivity contribution >= 4 is 35.3 Å². The molecule has 110 valence electrons. The Labute approximate surface area is 133 Å². The highest BCUT2D eigenvalue weighted by molar-refractivity contribution is 6.35. The number of nitrogens with one attached hydrogen (secondary N) is 1. The van der Waals surface area contributed by atoms with Crippen LogP contribution >= 0.6 is 23.2 Å². The predicted octanol–water partition coefficient (Wildman–Crippen LogP) is 3.87. The smallest absolute Gasteiger partial charge is 0.236 e. The van der Waals surface area contributed by atoms with Crippen LogP contribution in [0.3, 0.4) is 0 Å². The molecular formula is C15H15Cl2N3O. The van der Waals surface area contributed by atoms with Crippen LogP contribution in [0.5, 0.6) is 0 Å². The number of aromatic nitrogens is 1. The summed E-state index contributed by atoms with van der Waals surface area (Å²) in [6, 6.07) is 7.36. The van der Waals surface area contributed by atoms with Gasteiger partial charge in [-0.3, -0.25) is 4.79 Å². The summed E-state index contributed by atoms with van der Waals surface area (Å²) in [7, 11) is 0. The van der Waals surface area contributed by atoms with Crippen molar-refractivity contribution in [2.75, 3.05) is 0 Å². The van der Waals surface area contributed by atoms with E-state index in [1.165, 1.54) is 6.92 Å². The maximum atomic E-state index is 10.8. The Balaban J connectivity index is 2.44. The highest BCUT2D eigenvalue weighted by atomic mass is 35.5. The molecule has 1 aromatic heterocycles. The van der Waals surface area contributed by atoms with Crippen LogP contribution in [0.15, 0.2) is 29.4 Å². The molecule has 4 nitrogen and oxygen atoms in total. The van der Waals surface area contributed by atoms with Crippen molar-refractivity contribution in [1.82, 2.24) is 9.99 Å². The second-order valence-electron chi connectivity index (χ2n) is 4.68. The molecule has 1 N–H and O–H groups in total. The van der Waals surface area contributed by atoms with E-state index < -0.39 is 0 Å². The summed E-state index contributed by atoms with van der Waals surface area (Å²) in [6.45, 7) is 5.36. The number of carbonyl (C=O) groups is 1. The molecule has 21 heavy (non-hydrogen) atoms. The minimum absolute atomic E-state index is 0.208. The summed E-state index contributed by atoms with van der Waals surface area (Å²) in [6.07, 6.45) is 1.62. The van der Waals surface area contributed by atoms with E-state index in [0.29, 0.717) is 10.0 Å². The van der Waals surface area contributed by atoms with Gasteiger partial charge >= 0.3 is 0 Å². The molecule has 1 aromatic carbocycles. The van der Waals surface area contributed by atoms with Crippen LogP contribution < -0.4 is 5.43 Å². The minimum Gasteiger partial charge on any atom is -0.316 e. The SMILES string of the molecule is CC(=O)NN=Cc1cc(C)n(-c2ccc(Cl)cc2Cl)c1C. The second-order valence-corrected chi connectivity index (χ2v) is 5.53. The molecular weight excluding hydrogens is 309 g/mol. The molecule has 0 radical (unpaired) electrons. The Hall–Kier alpha value is -1.78. The van der Waals surface area contributed by atoms with Crippen LogP contribution in [0.4, 0.5) is 0 Å². The van der Waals surface area contributed by atoms with E-state index in [1.807, 2.05) is 30.5 Å². The number of halogens is 2. The molecule has 0 bridgehead atoms. The maximum Gasteiger partial charge on any atom is 0.236 e. The Morgan fingerprint density at radius 1 is 1.29 bits per heavy atom. The molecule has 0 atom stereocenters. The van der Waals surface area contributed by atoms with Gasteiger partial charge in [-0.1, -0.05) is 23.2 Å². The first-order valence-corrected chi connectivity index (χ1v) is 7.09. The zero-order chi connectivity index (χ0) is 15.6. The van der Waals surface area contributed by atoms with Gasteiger partial charge < -0.3 is 4.57 Å². The van der Waals surface area contributed by atoms with Crippen LogP contribution in [-0.2, 0) is 4.79 Å². The van der Waals surface area contributed by atoms with Crippen molar-refractivity contribution < 1.29 is 4.79 Å². The summed E-state index contributed by atoms with van der Waals surface area (Å²) in [5.41, 5.74) is 6.14. The molecule has 1 heterocycles. The lowest BCUT2D eigenvalue weighted by atomic mass is 10.2. The van der Waals surface area contributed by atoms with Gasteiger partial charge in [-0.2, -0.15) is 5.10 Å². The van der Waals surface area contributed by atoms with Crippen LogP contribution in [0.25, 0.3) is 5.69 Å². The number of carbonyl (C=O) groups excluding carboxylic acids is 1. The zero-order valence-corrected chi connectivity index (χ0v) is 13.5. The van der Waals surface area contributed by atoms with Crippen LogP contribution in [0.1, 0.15) is 23.9 Å². The van der Waals surface area contributed by atoms with Crippen LogP contribution in [0, 0.1) is 13.8 Å². The fourth-order valence-electron chi connectivity index (χ4n) is 2.14. The van der Waals surface area contributed by atoms with Gasteiger partial charge in [0.2, 0.25) is 5.91 Å². The Morgan fingerprint density at radius 3 is 2.62 bits per heavy atom. The lowest BCUT2D eigenvalue weighted by Crippen LogP contribution is -2.12. The van der Waals surface area contributed by atoms with E-state index in [-0.39, 0.29) is 5.91 Å². The van der Waals surface area contributed by atoms with E-state index in [9.17, 15) is 4.79 Å². The van der Waals surface area contributed by atoms with Gasteiger partial charge in [0.15, 0.2) is 0 Å². The van der Waals surface area contributed by atoms with E-state index in [1.54, 1.807) is 18.3 Å². The van der Waals surface area contributed by atoms with Gasteiger partial charge in [0.25, 0.3) is 0 Å². The average molecular weight is 324 g/mol. The molecule has 0 aliphatic rings. The van der Waals surface area contributed by atoms with Gasteiger partial charge in [-0.05, 0) is 38.1 Å². The average Bonchev–Trinajstić information content (AvgIpc) is 2.65. The molecule has 2 rings (SSSR count). The molecule has 0 spiro atoms. The topological polar surface area (TPSA) is 46.4 Å². The molecule has 6 heteroatoms. The molecule has 0 aliphatic heterocycles. The first-order chi connectivity index (χ1) is 9.90. The molecule has 0 saturated carbocycles. The van der Waals surface area contributed by atoms with Crippen molar-refractivity contribution in [3.8, 4) is 5.69 Å². The summed E-state index contributed by atoms with van der Waals surface area (Å²) in [5.74, 6) is -0.208. The normalized spacial score (nSPS) is 11.1. The number of aryl methyl sites for hydroxylation is 1. The molecule has 2 aromatic rings. The van der Waals surface area contributed by atoms with E-state index in [4.69, 9.17) is 23.2 Å². The van der Waals surface area contributed by atoms with Crippen LogP contribution in [0.2, 0.25) is 10.0 Å².